The Bertz CT molecular complexity index is 429. The standard InChI is InChI=1S/C16H22O3/c1-15(2)14-9-6-10-16(11-14,19-18-15)17-12-13-7-4-3-5-8-13/h3-5,7-8,14H,6,9-12H2,1-2H3. The van der Waals surface area contributed by atoms with E-state index in [1.54, 1.807) is 0 Å². The van der Waals surface area contributed by atoms with Crippen LogP contribution in [-0.2, 0) is 21.1 Å². The Morgan fingerprint density at radius 1 is 1.21 bits per heavy atom. The van der Waals surface area contributed by atoms with E-state index < -0.39 is 5.79 Å². The molecule has 1 heterocycles. The normalized spacial score (nSPS) is 33.1. The van der Waals surface area contributed by atoms with E-state index in [9.17, 15) is 0 Å². The highest BCUT2D eigenvalue weighted by molar-refractivity contribution is 5.13. The largest absolute Gasteiger partial charge is 0.342 e. The van der Waals surface area contributed by atoms with Gasteiger partial charge >= 0.3 is 0 Å². The van der Waals surface area contributed by atoms with Crippen molar-refractivity contribution in [1.82, 2.24) is 0 Å². The number of hydrogen-bond donors (Lipinski definition) is 0. The number of hydrogen-bond acceptors (Lipinski definition) is 3. The molecule has 0 N–H and O–H groups in total. The molecule has 2 fully saturated rings. The lowest BCUT2D eigenvalue weighted by atomic mass is 9.75. The quantitative estimate of drug-likeness (QED) is 0.775. The van der Waals surface area contributed by atoms with E-state index in [0.29, 0.717) is 12.5 Å². The molecular formula is C16H22O3. The number of ether oxygens (including phenoxy) is 1. The summed E-state index contributed by atoms with van der Waals surface area (Å²) >= 11 is 0. The molecular weight excluding hydrogens is 240 g/mol. The van der Waals surface area contributed by atoms with Crippen molar-refractivity contribution >= 4 is 0 Å². The van der Waals surface area contributed by atoms with E-state index in [1.807, 2.05) is 18.2 Å². The van der Waals surface area contributed by atoms with Crippen LogP contribution in [0.3, 0.4) is 0 Å². The molecule has 2 unspecified atom stereocenters. The van der Waals surface area contributed by atoms with Crippen LogP contribution in [0.5, 0.6) is 0 Å². The van der Waals surface area contributed by atoms with Crippen molar-refractivity contribution in [3.05, 3.63) is 35.9 Å². The number of rotatable bonds is 3. The maximum absolute atomic E-state index is 6.07. The second-order valence-electron chi connectivity index (χ2n) is 6.25. The molecule has 104 valence electrons. The summed E-state index contributed by atoms with van der Waals surface area (Å²) in [5, 5.41) is 0. The molecule has 1 saturated heterocycles. The Kier molecular flexibility index (Phi) is 3.37. The fourth-order valence-electron chi connectivity index (χ4n) is 3.06. The Balaban J connectivity index is 1.67. The third-order valence-corrected chi connectivity index (χ3v) is 4.40. The van der Waals surface area contributed by atoms with Crippen LogP contribution in [0, 0.1) is 5.92 Å². The van der Waals surface area contributed by atoms with Crippen LogP contribution in [0.2, 0.25) is 0 Å². The van der Waals surface area contributed by atoms with E-state index in [2.05, 4.69) is 26.0 Å². The summed E-state index contributed by atoms with van der Waals surface area (Å²) in [5.74, 6) is -0.0142. The highest BCUT2D eigenvalue weighted by Crippen LogP contribution is 2.47. The van der Waals surface area contributed by atoms with Gasteiger partial charge in [-0.3, -0.25) is 0 Å². The minimum atomic E-state index is -0.533. The van der Waals surface area contributed by atoms with Gasteiger partial charge in [0, 0.05) is 12.8 Å². The topological polar surface area (TPSA) is 27.7 Å². The van der Waals surface area contributed by atoms with E-state index in [0.717, 1.165) is 19.3 Å². The highest BCUT2D eigenvalue weighted by Gasteiger charge is 2.50. The van der Waals surface area contributed by atoms with E-state index in [1.165, 1.54) is 12.0 Å². The molecule has 0 aromatic heterocycles. The van der Waals surface area contributed by atoms with Gasteiger partial charge in [-0.25, -0.2) is 9.78 Å². The molecule has 3 nitrogen and oxygen atoms in total. The van der Waals surface area contributed by atoms with Gasteiger partial charge in [0.25, 0.3) is 0 Å². The molecule has 1 aliphatic carbocycles. The summed E-state index contributed by atoms with van der Waals surface area (Å²) in [7, 11) is 0. The van der Waals surface area contributed by atoms with Crippen molar-refractivity contribution in [2.45, 2.75) is 57.5 Å². The Morgan fingerprint density at radius 2 is 2.00 bits per heavy atom. The third-order valence-electron chi connectivity index (χ3n) is 4.40. The maximum atomic E-state index is 6.07. The van der Waals surface area contributed by atoms with Gasteiger partial charge in [0.1, 0.15) is 5.60 Å². The summed E-state index contributed by atoms with van der Waals surface area (Å²) in [6.45, 7) is 4.78. The van der Waals surface area contributed by atoms with Crippen molar-refractivity contribution in [1.29, 1.82) is 0 Å². The van der Waals surface area contributed by atoms with Gasteiger partial charge in [-0.1, -0.05) is 30.3 Å². The maximum Gasteiger partial charge on any atom is 0.202 e. The summed E-state index contributed by atoms with van der Waals surface area (Å²) in [6.07, 6.45) is 4.21. The molecule has 0 amide bonds. The van der Waals surface area contributed by atoms with Crippen molar-refractivity contribution in [3.8, 4) is 0 Å². The summed E-state index contributed by atoms with van der Waals surface area (Å²) in [6, 6.07) is 10.2. The lowest BCUT2D eigenvalue weighted by molar-refractivity contribution is -0.508. The van der Waals surface area contributed by atoms with Gasteiger partial charge < -0.3 is 4.74 Å². The molecule has 0 spiro atoms. The molecule has 19 heavy (non-hydrogen) atoms. The second-order valence-corrected chi connectivity index (χ2v) is 6.25. The van der Waals surface area contributed by atoms with Crippen LogP contribution in [0.1, 0.15) is 45.1 Å². The van der Waals surface area contributed by atoms with E-state index in [-0.39, 0.29) is 5.60 Å². The molecule has 2 atom stereocenters. The van der Waals surface area contributed by atoms with Crippen molar-refractivity contribution in [2.24, 2.45) is 5.92 Å². The van der Waals surface area contributed by atoms with Gasteiger partial charge in [0.05, 0.1) is 6.61 Å². The van der Waals surface area contributed by atoms with Crippen molar-refractivity contribution in [2.75, 3.05) is 0 Å². The molecule has 1 aliphatic heterocycles. The molecule has 1 aromatic rings. The fourth-order valence-corrected chi connectivity index (χ4v) is 3.06. The zero-order valence-electron chi connectivity index (χ0n) is 11.7. The summed E-state index contributed by atoms with van der Waals surface area (Å²) in [5.41, 5.74) is 0.979. The molecule has 2 aliphatic rings. The Labute approximate surface area is 114 Å². The smallest absolute Gasteiger partial charge is 0.202 e. The average molecular weight is 262 g/mol. The van der Waals surface area contributed by atoms with E-state index in [4.69, 9.17) is 14.5 Å². The van der Waals surface area contributed by atoms with Crippen molar-refractivity contribution in [3.63, 3.8) is 0 Å². The Morgan fingerprint density at radius 3 is 2.79 bits per heavy atom. The lowest BCUT2D eigenvalue weighted by Gasteiger charge is -2.49. The van der Waals surface area contributed by atoms with Crippen LogP contribution in [-0.4, -0.2) is 11.4 Å². The lowest BCUT2D eigenvalue weighted by Crippen LogP contribution is -2.53. The first-order chi connectivity index (χ1) is 9.10. The first-order valence-corrected chi connectivity index (χ1v) is 7.14. The predicted molar refractivity (Wildman–Crippen MR) is 72.2 cm³/mol. The molecule has 0 radical (unpaired) electrons. The average Bonchev–Trinajstić information content (AvgIpc) is 2.44. The number of benzene rings is 1. The first kappa shape index (κ1) is 13.1. The van der Waals surface area contributed by atoms with Crippen LogP contribution in [0.4, 0.5) is 0 Å². The number of fused-ring (bicyclic) bond motifs is 2. The van der Waals surface area contributed by atoms with E-state index >= 15 is 0 Å². The van der Waals surface area contributed by atoms with Gasteiger partial charge in [-0.05, 0) is 38.2 Å². The third kappa shape index (κ3) is 2.69. The Hall–Kier alpha value is -0.900. The second kappa shape index (κ2) is 4.89. The molecule has 2 bridgehead atoms. The molecule has 1 saturated carbocycles. The summed E-state index contributed by atoms with van der Waals surface area (Å²) < 4.78 is 6.07. The van der Waals surface area contributed by atoms with Crippen LogP contribution in [0.25, 0.3) is 0 Å². The minimum absolute atomic E-state index is 0.194. The monoisotopic (exact) mass is 262 g/mol. The fraction of sp³-hybridized carbons (Fsp3) is 0.625. The first-order valence-electron chi connectivity index (χ1n) is 7.14. The van der Waals surface area contributed by atoms with Gasteiger partial charge in [0.2, 0.25) is 5.79 Å². The van der Waals surface area contributed by atoms with Gasteiger partial charge in [-0.2, -0.15) is 0 Å². The van der Waals surface area contributed by atoms with Crippen LogP contribution >= 0.6 is 0 Å². The predicted octanol–water partition coefficient (Wildman–Crippen LogP) is 3.83. The zero-order valence-corrected chi connectivity index (χ0v) is 11.7. The zero-order chi connectivity index (χ0) is 13.3. The molecule has 3 rings (SSSR count). The van der Waals surface area contributed by atoms with Crippen LogP contribution in [0.15, 0.2) is 30.3 Å². The highest BCUT2D eigenvalue weighted by atomic mass is 17.2. The molecule has 1 aromatic carbocycles. The SMILES string of the molecule is CC1(C)OOC2(OCc3ccccc3)CCCC1C2. The van der Waals surface area contributed by atoms with Crippen molar-refractivity contribution < 1.29 is 14.5 Å². The molecule has 3 heteroatoms. The van der Waals surface area contributed by atoms with Gasteiger partial charge in [0.15, 0.2) is 0 Å². The minimum Gasteiger partial charge on any atom is -0.342 e. The van der Waals surface area contributed by atoms with Gasteiger partial charge in [-0.15, -0.1) is 0 Å². The summed E-state index contributed by atoms with van der Waals surface area (Å²) in [4.78, 5) is 11.3. The van der Waals surface area contributed by atoms with Crippen LogP contribution < -0.4 is 0 Å².